The lowest BCUT2D eigenvalue weighted by atomic mass is 10.2. The lowest BCUT2D eigenvalue weighted by Crippen LogP contribution is -2.19. The van der Waals surface area contributed by atoms with Crippen LogP contribution in [0.5, 0.6) is 0 Å². The number of aliphatic imine (C=N–C) groups is 1. The maximum atomic E-state index is 12.5. The Labute approximate surface area is 120 Å². The van der Waals surface area contributed by atoms with E-state index in [4.69, 9.17) is 0 Å². The lowest BCUT2D eigenvalue weighted by molar-refractivity contribution is 0.252. The minimum atomic E-state index is -2.41. The molecule has 1 aromatic rings. The molecule has 1 N–H and O–H groups in total. The summed E-state index contributed by atoms with van der Waals surface area (Å²) in [6.07, 6.45) is 2.10. The second-order valence-electron chi connectivity index (χ2n) is 4.13. The van der Waals surface area contributed by atoms with Crippen molar-refractivity contribution in [2.45, 2.75) is 36.5 Å². The van der Waals surface area contributed by atoms with E-state index in [2.05, 4.69) is 17.2 Å². The summed E-state index contributed by atoms with van der Waals surface area (Å²) in [7, 11) is 0. The Morgan fingerprint density at radius 2 is 2.26 bits per heavy atom. The first-order chi connectivity index (χ1) is 9.19. The number of thioether (sulfide) groups is 2. The van der Waals surface area contributed by atoms with E-state index in [1.807, 2.05) is 12.1 Å². The van der Waals surface area contributed by atoms with Gasteiger partial charge in [-0.2, -0.15) is 8.78 Å². The Hall–Kier alpha value is -0.750. The molecular formula is C13H16F2N2S2. The van der Waals surface area contributed by atoms with Gasteiger partial charge in [-0.25, -0.2) is 0 Å². The first-order valence-corrected chi connectivity index (χ1v) is 8.07. The Bertz CT molecular complexity index is 452. The molecule has 6 heteroatoms. The minimum Gasteiger partial charge on any atom is -0.334 e. The number of nitrogens with one attached hydrogen (secondary N) is 1. The number of amidine groups is 1. The fourth-order valence-electron chi connectivity index (χ4n) is 1.81. The van der Waals surface area contributed by atoms with E-state index in [0.29, 0.717) is 28.4 Å². The van der Waals surface area contributed by atoms with Gasteiger partial charge in [0.1, 0.15) is 0 Å². The van der Waals surface area contributed by atoms with Crippen LogP contribution < -0.4 is 5.32 Å². The molecule has 2 rings (SSSR count). The van der Waals surface area contributed by atoms with Crippen molar-refractivity contribution in [3.05, 3.63) is 24.3 Å². The maximum Gasteiger partial charge on any atom is 0.288 e. The van der Waals surface area contributed by atoms with Gasteiger partial charge in [-0.15, -0.1) is 0 Å². The zero-order chi connectivity index (χ0) is 13.7. The number of benzene rings is 1. The van der Waals surface area contributed by atoms with Crippen molar-refractivity contribution in [1.82, 2.24) is 0 Å². The fourth-order valence-corrected chi connectivity index (χ4v) is 3.39. The SMILES string of the molecule is CCC1CCSC(Nc2ccccc2SC(F)F)=N1. The second-order valence-corrected chi connectivity index (χ2v) is 6.25. The van der Waals surface area contributed by atoms with Gasteiger partial charge >= 0.3 is 0 Å². The zero-order valence-corrected chi connectivity index (χ0v) is 12.2. The van der Waals surface area contributed by atoms with Gasteiger partial charge in [-0.1, -0.05) is 42.6 Å². The van der Waals surface area contributed by atoms with Crippen LogP contribution in [0.15, 0.2) is 34.2 Å². The van der Waals surface area contributed by atoms with Crippen molar-refractivity contribution in [2.24, 2.45) is 4.99 Å². The van der Waals surface area contributed by atoms with Crippen molar-refractivity contribution in [2.75, 3.05) is 11.1 Å². The zero-order valence-electron chi connectivity index (χ0n) is 10.6. The maximum absolute atomic E-state index is 12.5. The largest absolute Gasteiger partial charge is 0.334 e. The highest BCUT2D eigenvalue weighted by Gasteiger charge is 2.16. The van der Waals surface area contributed by atoms with Crippen molar-refractivity contribution in [3.63, 3.8) is 0 Å². The number of anilines is 1. The van der Waals surface area contributed by atoms with Gasteiger partial charge in [0.25, 0.3) is 5.76 Å². The molecule has 0 bridgehead atoms. The third-order valence-electron chi connectivity index (χ3n) is 2.81. The topological polar surface area (TPSA) is 24.4 Å². The molecule has 1 aliphatic rings. The molecule has 0 radical (unpaired) electrons. The number of hydrogen-bond donors (Lipinski definition) is 1. The van der Waals surface area contributed by atoms with E-state index in [0.717, 1.165) is 23.8 Å². The summed E-state index contributed by atoms with van der Waals surface area (Å²) in [5, 5.41) is 4.01. The molecule has 0 spiro atoms. The molecule has 0 fully saturated rings. The Morgan fingerprint density at radius 3 is 3.00 bits per heavy atom. The van der Waals surface area contributed by atoms with Crippen LogP contribution in [0.1, 0.15) is 19.8 Å². The number of rotatable bonds is 4. The van der Waals surface area contributed by atoms with Crippen LogP contribution in [0.2, 0.25) is 0 Å². The number of nitrogens with zero attached hydrogens (tertiary/aromatic N) is 1. The van der Waals surface area contributed by atoms with E-state index in [1.165, 1.54) is 0 Å². The van der Waals surface area contributed by atoms with Crippen LogP contribution in [0.25, 0.3) is 0 Å². The summed E-state index contributed by atoms with van der Waals surface area (Å²) < 4.78 is 25.0. The van der Waals surface area contributed by atoms with Crippen LogP contribution in [0, 0.1) is 0 Å². The number of halogens is 2. The third kappa shape index (κ3) is 4.38. The van der Waals surface area contributed by atoms with Gasteiger partial charge in [-0.05, 0) is 25.0 Å². The second kappa shape index (κ2) is 7.14. The molecule has 0 amide bonds. The van der Waals surface area contributed by atoms with Gasteiger partial charge < -0.3 is 5.32 Å². The predicted octanol–water partition coefficient (Wildman–Crippen LogP) is 4.68. The summed E-state index contributed by atoms with van der Waals surface area (Å²) in [4.78, 5) is 5.14. The van der Waals surface area contributed by atoms with E-state index < -0.39 is 5.76 Å². The monoisotopic (exact) mass is 302 g/mol. The first kappa shape index (κ1) is 14.7. The average molecular weight is 302 g/mol. The van der Waals surface area contributed by atoms with Crippen LogP contribution in [0.4, 0.5) is 14.5 Å². The normalized spacial score (nSPS) is 19.4. The van der Waals surface area contributed by atoms with E-state index in [9.17, 15) is 8.78 Å². The molecule has 1 heterocycles. The van der Waals surface area contributed by atoms with Gasteiger partial charge in [0.2, 0.25) is 0 Å². The highest BCUT2D eigenvalue weighted by Crippen LogP contribution is 2.32. The van der Waals surface area contributed by atoms with E-state index in [1.54, 1.807) is 23.9 Å². The number of alkyl halides is 2. The molecule has 1 unspecified atom stereocenters. The highest BCUT2D eigenvalue weighted by molar-refractivity contribution is 8.14. The molecule has 1 atom stereocenters. The number of para-hydroxylation sites is 1. The van der Waals surface area contributed by atoms with Gasteiger partial charge in [0.15, 0.2) is 5.17 Å². The molecule has 19 heavy (non-hydrogen) atoms. The van der Waals surface area contributed by atoms with E-state index in [-0.39, 0.29) is 0 Å². The summed E-state index contributed by atoms with van der Waals surface area (Å²) in [6, 6.07) is 7.45. The lowest BCUT2D eigenvalue weighted by Gasteiger charge is -2.20. The summed E-state index contributed by atoms with van der Waals surface area (Å²) in [5.74, 6) is -1.39. The third-order valence-corrected chi connectivity index (χ3v) is 4.51. The van der Waals surface area contributed by atoms with Gasteiger partial charge in [0, 0.05) is 10.6 Å². The van der Waals surface area contributed by atoms with E-state index >= 15 is 0 Å². The average Bonchev–Trinajstić information content (AvgIpc) is 2.41. The Balaban J connectivity index is 2.12. The predicted molar refractivity (Wildman–Crippen MR) is 80.5 cm³/mol. The van der Waals surface area contributed by atoms with Crippen molar-refractivity contribution < 1.29 is 8.78 Å². The quantitative estimate of drug-likeness (QED) is 0.817. The smallest absolute Gasteiger partial charge is 0.288 e. The summed E-state index contributed by atoms with van der Waals surface area (Å²) in [6.45, 7) is 2.11. The van der Waals surface area contributed by atoms with Crippen molar-refractivity contribution >= 4 is 34.4 Å². The fraction of sp³-hybridized carbons (Fsp3) is 0.462. The molecule has 0 aromatic heterocycles. The summed E-state index contributed by atoms with van der Waals surface area (Å²) in [5.41, 5.74) is 0.704. The van der Waals surface area contributed by atoms with Crippen molar-refractivity contribution in [3.8, 4) is 0 Å². The molecule has 2 nitrogen and oxygen atoms in total. The van der Waals surface area contributed by atoms with Crippen LogP contribution in [-0.2, 0) is 0 Å². The highest BCUT2D eigenvalue weighted by atomic mass is 32.2. The number of hydrogen-bond acceptors (Lipinski definition) is 4. The molecule has 1 aromatic carbocycles. The molecule has 0 saturated heterocycles. The molecule has 104 valence electrons. The first-order valence-electron chi connectivity index (χ1n) is 6.20. The van der Waals surface area contributed by atoms with Crippen molar-refractivity contribution in [1.29, 1.82) is 0 Å². The van der Waals surface area contributed by atoms with Crippen LogP contribution >= 0.6 is 23.5 Å². The van der Waals surface area contributed by atoms with Gasteiger partial charge in [0.05, 0.1) is 11.7 Å². The molecule has 0 saturated carbocycles. The minimum absolute atomic E-state index is 0.346. The van der Waals surface area contributed by atoms with Crippen LogP contribution in [0.3, 0.4) is 0 Å². The van der Waals surface area contributed by atoms with Crippen LogP contribution in [-0.4, -0.2) is 22.7 Å². The Kier molecular flexibility index (Phi) is 5.51. The van der Waals surface area contributed by atoms with Gasteiger partial charge in [-0.3, -0.25) is 4.99 Å². The molecule has 1 aliphatic heterocycles. The molecular weight excluding hydrogens is 286 g/mol. The standard InChI is InChI=1S/C13H16F2N2S2/c1-2-9-7-8-18-13(16-9)17-10-5-3-4-6-11(10)19-12(14)15/h3-6,9,12H,2,7-8H2,1H3,(H,16,17). The molecule has 0 aliphatic carbocycles. The summed E-state index contributed by atoms with van der Waals surface area (Å²) >= 11 is 2.21. The Morgan fingerprint density at radius 1 is 1.47 bits per heavy atom.